The van der Waals surface area contributed by atoms with Gasteiger partial charge in [-0.3, -0.25) is 9.69 Å². The van der Waals surface area contributed by atoms with Gasteiger partial charge in [-0.15, -0.1) is 0 Å². The molecule has 1 aromatic carbocycles. The molecule has 2 heterocycles. The number of piperazine rings is 1. The van der Waals surface area contributed by atoms with E-state index in [1.54, 1.807) is 36.8 Å². The van der Waals surface area contributed by atoms with E-state index in [-0.39, 0.29) is 0 Å². The van der Waals surface area contributed by atoms with E-state index >= 15 is 0 Å². The quantitative estimate of drug-likeness (QED) is 0.796. The van der Waals surface area contributed by atoms with Gasteiger partial charge in [0.25, 0.3) is 5.91 Å². The SMILES string of the molecule is O=C(NCC(N1CCNCC1)C(F)(F)F)c1ccc(Cn2ccnc2)cc1. The summed E-state index contributed by atoms with van der Waals surface area (Å²) in [4.78, 5) is 17.6. The van der Waals surface area contributed by atoms with Gasteiger partial charge in [0.15, 0.2) is 0 Å². The van der Waals surface area contributed by atoms with Gasteiger partial charge in [0.2, 0.25) is 0 Å². The van der Waals surface area contributed by atoms with Crippen LogP contribution in [0.2, 0.25) is 0 Å². The van der Waals surface area contributed by atoms with E-state index in [4.69, 9.17) is 0 Å². The summed E-state index contributed by atoms with van der Waals surface area (Å²) in [5, 5.41) is 5.46. The lowest BCUT2D eigenvalue weighted by atomic mass is 10.1. The lowest BCUT2D eigenvalue weighted by molar-refractivity contribution is -0.183. The number of nitrogens with zero attached hydrogens (tertiary/aromatic N) is 3. The highest BCUT2D eigenvalue weighted by atomic mass is 19.4. The van der Waals surface area contributed by atoms with Crippen LogP contribution >= 0.6 is 0 Å². The molecule has 1 aliphatic heterocycles. The van der Waals surface area contributed by atoms with Gasteiger partial charge >= 0.3 is 6.18 Å². The van der Waals surface area contributed by atoms with Crippen LogP contribution in [-0.2, 0) is 6.54 Å². The van der Waals surface area contributed by atoms with Crippen molar-refractivity contribution in [3.05, 3.63) is 54.1 Å². The van der Waals surface area contributed by atoms with Crippen LogP contribution in [0.15, 0.2) is 43.0 Å². The van der Waals surface area contributed by atoms with Crippen LogP contribution in [0.4, 0.5) is 13.2 Å². The summed E-state index contributed by atoms with van der Waals surface area (Å²) in [6.07, 6.45) is 0.804. The topological polar surface area (TPSA) is 62.2 Å². The number of amides is 1. The number of hydrogen-bond acceptors (Lipinski definition) is 4. The van der Waals surface area contributed by atoms with E-state index < -0.39 is 24.7 Å². The first-order valence-corrected chi connectivity index (χ1v) is 8.78. The fraction of sp³-hybridized carbons (Fsp3) is 0.444. The Kier molecular flexibility index (Phi) is 6.12. The van der Waals surface area contributed by atoms with Gasteiger partial charge in [-0.1, -0.05) is 12.1 Å². The summed E-state index contributed by atoms with van der Waals surface area (Å²) < 4.78 is 42.0. The molecule has 0 radical (unpaired) electrons. The van der Waals surface area contributed by atoms with E-state index in [1.165, 1.54) is 4.90 Å². The first-order valence-electron chi connectivity index (χ1n) is 8.78. The van der Waals surface area contributed by atoms with Gasteiger partial charge in [0, 0.05) is 57.2 Å². The van der Waals surface area contributed by atoms with Crippen molar-refractivity contribution in [3.63, 3.8) is 0 Å². The van der Waals surface area contributed by atoms with Crippen LogP contribution in [0, 0.1) is 0 Å². The van der Waals surface area contributed by atoms with Crippen LogP contribution in [0.3, 0.4) is 0 Å². The van der Waals surface area contributed by atoms with Crippen LogP contribution in [-0.4, -0.2) is 65.3 Å². The average Bonchev–Trinajstić information content (AvgIpc) is 3.15. The molecule has 2 aromatic rings. The number of halogens is 3. The Morgan fingerprint density at radius 1 is 1.22 bits per heavy atom. The van der Waals surface area contributed by atoms with E-state index in [1.807, 2.05) is 10.8 Å². The molecule has 146 valence electrons. The maximum atomic E-state index is 13.4. The van der Waals surface area contributed by atoms with Crippen LogP contribution in [0.5, 0.6) is 0 Å². The fourth-order valence-electron chi connectivity index (χ4n) is 3.09. The molecule has 1 unspecified atom stereocenters. The lowest BCUT2D eigenvalue weighted by Crippen LogP contribution is -2.57. The van der Waals surface area contributed by atoms with Gasteiger partial charge < -0.3 is 15.2 Å². The lowest BCUT2D eigenvalue weighted by Gasteiger charge is -2.35. The maximum absolute atomic E-state index is 13.4. The average molecular weight is 381 g/mol. The Morgan fingerprint density at radius 2 is 1.93 bits per heavy atom. The van der Waals surface area contributed by atoms with Crippen molar-refractivity contribution in [1.82, 2.24) is 25.1 Å². The number of carbonyl (C=O) groups is 1. The molecule has 0 aliphatic carbocycles. The Morgan fingerprint density at radius 3 is 2.52 bits per heavy atom. The van der Waals surface area contributed by atoms with Crippen molar-refractivity contribution in [1.29, 1.82) is 0 Å². The normalized spacial score (nSPS) is 16.9. The van der Waals surface area contributed by atoms with Gasteiger partial charge in [0.05, 0.1) is 6.33 Å². The Labute approximate surface area is 155 Å². The maximum Gasteiger partial charge on any atom is 0.405 e. The monoisotopic (exact) mass is 381 g/mol. The minimum atomic E-state index is -4.39. The highest BCUT2D eigenvalue weighted by molar-refractivity contribution is 5.94. The Hall–Kier alpha value is -2.39. The largest absolute Gasteiger partial charge is 0.405 e. The molecule has 0 spiro atoms. The van der Waals surface area contributed by atoms with Gasteiger partial charge in [-0.05, 0) is 17.7 Å². The van der Waals surface area contributed by atoms with Crippen LogP contribution in [0.1, 0.15) is 15.9 Å². The Balaban J connectivity index is 1.58. The first-order chi connectivity index (χ1) is 12.9. The van der Waals surface area contributed by atoms with Crippen molar-refractivity contribution < 1.29 is 18.0 Å². The summed E-state index contributed by atoms with van der Waals surface area (Å²) in [5.74, 6) is -0.506. The van der Waals surface area contributed by atoms with Crippen LogP contribution < -0.4 is 10.6 Å². The van der Waals surface area contributed by atoms with E-state index in [0.717, 1.165) is 5.56 Å². The zero-order valence-corrected chi connectivity index (χ0v) is 14.7. The number of nitrogens with one attached hydrogen (secondary N) is 2. The summed E-state index contributed by atoms with van der Waals surface area (Å²) in [6.45, 7) is 1.80. The predicted octanol–water partition coefficient (Wildman–Crippen LogP) is 1.50. The molecule has 0 saturated carbocycles. The molecule has 6 nitrogen and oxygen atoms in total. The number of aromatic nitrogens is 2. The first kappa shape index (κ1) is 19.4. The summed E-state index contributed by atoms with van der Waals surface area (Å²) in [6, 6.07) is 5.13. The minimum absolute atomic E-state index is 0.309. The number of imidazole rings is 1. The molecule has 1 fully saturated rings. The molecule has 1 saturated heterocycles. The third-order valence-electron chi connectivity index (χ3n) is 4.57. The highest BCUT2D eigenvalue weighted by Crippen LogP contribution is 2.24. The van der Waals surface area contributed by atoms with Gasteiger partial charge in [-0.2, -0.15) is 13.2 Å². The predicted molar refractivity (Wildman–Crippen MR) is 94.4 cm³/mol. The molecule has 1 aliphatic rings. The number of hydrogen-bond donors (Lipinski definition) is 2. The number of carbonyl (C=O) groups excluding carboxylic acids is 1. The summed E-state index contributed by atoms with van der Waals surface area (Å²) in [5.41, 5.74) is 1.31. The highest BCUT2D eigenvalue weighted by Gasteiger charge is 2.43. The second kappa shape index (κ2) is 8.53. The Bertz CT molecular complexity index is 724. The molecule has 0 bridgehead atoms. The van der Waals surface area contributed by atoms with Crippen LogP contribution in [0.25, 0.3) is 0 Å². The number of alkyl halides is 3. The molecular weight excluding hydrogens is 359 g/mol. The molecule has 1 amide bonds. The zero-order valence-electron chi connectivity index (χ0n) is 14.7. The minimum Gasteiger partial charge on any atom is -0.350 e. The summed E-state index contributed by atoms with van der Waals surface area (Å²) in [7, 11) is 0. The van der Waals surface area contributed by atoms with E-state index in [0.29, 0.717) is 38.3 Å². The van der Waals surface area contributed by atoms with Crippen molar-refractivity contribution >= 4 is 5.91 Å². The molecule has 1 aromatic heterocycles. The molecular formula is C18H22F3N5O. The van der Waals surface area contributed by atoms with E-state index in [9.17, 15) is 18.0 Å². The fourth-order valence-corrected chi connectivity index (χ4v) is 3.09. The second-order valence-electron chi connectivity index (χ2n) is 6.49. The van der Waals surface area contributed by atoms with Crippen molar-refractivity contribution in [2.24, 2.45) is 0 Å². The third kappa shape index (κ3) is 5.30. The van der Waals surface area contributed by atoms with E-state index in [2.05, 4.69) is 15.6 Å². The van der Waals surface area contributed by atoms with Crippen molar-refractivity contribution in [3.8, 4) is 0 Å². The third-order valence-corrected chi connectivity index (χ3v) is 4.57. The van der Waals surface area contributed by atoms with Gasteiger partial charge in [0.1, 0.15) is 6.04 Å². The molecule has 9 heteroatoms. The second-order valence-corrected chi connectivity index (χ2v) is 6.49. The molecule has 1 atom stereocenters. The van der Waals surface area contributed by atoms with Crippen molar-refractivity contribution in [2.45, 2.75) is 18.8 Å². The summed E-state index contributed by atoms with van der Waals surface area (Å²) >= 11 is 0. The standard InChI is InChI=1S/C18H22F3N5O/c19-18(20,21)16(26-9-6-22-7-10-26)11-24-17(27)15-3-1-14(2-4-15)12-25-8-5-23-13-25/h1-5,8,13,16,22H,6-7,9-12H2,(H,24,27). The zero-order chi connectivity index (χ0) is 19.3. The van der Waals surface area contributed by atoms with Crippen molar-refractivity contribution in [2.75, 3.05) is 32.7 Å². The molecule has 3 rings (SSSR count). The number of rotatable bonds is 6. The molecule has 27 heavy (non-hydrogen) atoms. The smallest absolute Gasteiger partial charge is 0.350 e. The van der Waals surface area contributed by atoms with Gasteiger partial charge in [-0.25, -0.2) is 4.98 Å². The number of benzene rings is 1. The molecule has 2 N–H and O–H groups in total.